The molecule has 1 atom stereocenters. The van der Waals surface area contributed by atoms with E-state index in [1.165, 1.54) is 0 Å². The van der Waals surface area contributed by atoms with Crippen LogP contribution >= 0.6 is 0 Å². The normalized spacial score (nSPS) is 14.9. The van der Waals surface area contributed by atoms with E-state index in [4.69, 9.17) is 18.9 Å². The first-order chi connectivity index (χ1) is 13.2. The zero-order chi connectivity index (χ0) is 19.1. The number of amides is 2. The number of ether oxygens (including phenoxy) is 4. The van der Waals surface area contributed by atoms with Crippen LogP contribution in [0.1, 0.15) is 10.4 Å². The minimum absolute atomic E-state index is 0.0510. The van der Waals surface area contributed by atoms with Gasteiger partial charge in [-0.2, -0.15) is 0 Å². The summed E-state index contributed by atoms with van der Waals surface area (Å²) in [6.07, 6.45) is -0.867. The molecule has 0 aromatic heterocycles. The van der Waals surface area contributed by atoms with Crippen LogP contribution in [0.4, 0.5) is 0 Å². The van der Waals surface area contributed by atoms with E-state index in [9.17, 15) is 9.59 Å². The fourth-order valence-electron chi connectivity index (χ4n) is 2.43. The topological polar surface area (TPSA) is 95.1 Å². The van der Waals surface area contributed by atoms with Gasteiger partial charge in [0, 0.05) is 7.11 Å². The standard InChI is InChI=1S/C19H20N2O6/c1-24-10-11-25-14-7-3-2-6-13(14)18(22)20-21-19(23)17-12-26-15-8-4-5-9-16(15)27-17/h2-9,17H,10-12H2,1H3,(H,20,22)(H,21,23). The van der Waals surface area contributed by atoms with Crippen molar-refractivity contribution in [3.8, 4) is 17.2 Å². The summed E-state index contributed by atoms with van der Waals surface area (Å²) in [5.74, 6) is 0.427. The van der Waals surface area contributed by atoms with Gasteiger partial charge in [0.05, 0.1) is 12.2 Å². The summed E-state index contributed by atoms with van der Waals surface area (Å²) in [5.41, 5.74) is 5.01. The third-order valence-electron chi connectivity index (χ3n) is 3.78. The molecule has 1 heterocycles. The van der Waals surface area contributed by atoms with Gasteiger partial charge in [-0.15, -0.1) is 0 Å². The molecule has 0 saturated carbocycles. The summed E-state index contributed by atoms with van der Waals surface area (Å²) < 4.78 is 21.5. The largest absolute Gasteiger partial charge is 0.490 e. The number of methoxy groups -OCH3 is 1. The number of carbonyl (C=O) groups excluding carboxylic acids is 2. The predicted octanol–water partition coefficient (Wildman–Crippen LogP) is 1.31. The van der Waals surface area contributed by atoms with Crippen molar-refractivity contribution in [1.29, 1.82) is 0 Å². The Morgan fingerprint density at radius 1 is 1.04 bits per heavy atom. The zero-order valence-electron chi connectivity index (χ0n) is 14.8. The van der Waals surface area contributed by atoms with Crippen molar-refractivity contribution in [3.63, 3.8) is 0 Å². The molecule has 8 nitrogen and oxygen atoms in total. The second-order valence-electron chi connectivity index (χ2n) is 5.65. The van der Waals surface area contributed by atoms with Crippen LogP contribution in [-0.4, -0.2) is 44.8 Å². The molecule has 2 amide bonds. The van der Waals surface area contributed by atoms with Gasteiger partial charge < -0.3 is 18.9 Å². The Bertz CT molecular complexity index is 810. The van der Waals surface area contributed by atoms with E-state index in [-0.39, 0.29) is 6.61 Å². The number of hydrogen-bond acceptors (Lipinski definition) is 6. The lowest BCUT2D eigenvalue weighted by Gasteiger charge is -2.25. The number of hydrogen-bond donors (Lipinski definition) is 2. The Kier molecular flexibility index (Phi) is 6.11. The van der Waals surface area contributed by atoms with Gasteiger partial charge in [-0.1, -0.05) is 24.3 Å². The third kappa shape index (κ3) is 4.68. The molecule has 1 aliphatic heterocycles. The van der Waals surface area contributed by atoms with Crippen molar-refractivity contribution in [3.05, 3.63) is 54.1 Å². The summed E-state index contributed by atoms with van der Waals surface area (Å²) in [5, 5.41) is 0. The van der Waals surface area contributed by atoms with Crippen LogP contribution in [0.25, 0.3) is 0 Å². The van der Waals surface area contributed by atoms with E-state index < -0.39 is 17.9 Å². The quantitative estimate of drug-likeness (QED) is 0.587. The SMILES string of the molecule is COCCOc1ccccc1C(=O)NNC(=O)C1COc2ccccc2O1. The third-order valence-corrected chi connectivity index (χ3v) is 3.78. The molecule has 2 aromatic carbocycles. The van der Waals surface area contributed by atoms with Crippen molar-refractivity contribution in [1.82, 2.24) is 10.9 Å². The maximum absolute atomic E-state index is 12.4. The molecule has 1 unspecified atom stereocenters. The van der Waals surface area contributed by atoms with Gasteiger partial charge >= 0.3 is 0 Å². The van der Waals surface area contributed by atoms with E-state index in [0.29, 0.717) is 36.0 Å². The first-order valence-corrected chi connectivity index (χ1v) is 8.38. The second kappa shape index (κ2) is 8.91. The molecular formula is C19H20N2O6. The summed E-state index contributed by atoms with van der Waals surface area (Å²) in [6.45, 7) is 0.752. The Labute approximate surface area is 156 Å². The molecule has 27 heavy (non-hydrogen) atoms. The predicted molar refractivity (Wildman–Crippen MR) is 95.8 cm³/mol. The summed E-state index contributed by atoms with van der Waals surface area (Å²) in [4.78, 5) is 24.6. The van der Waals surface area contributed by atoms with Crippen LogP contribution in [0.2, 0.25) is 0 Å². The minimum atomic E-state index is -0.867. The van der Waals surface area contributed by atoms with Crippen LogP contribution < -0.4 is 25.1 Å². The number of carbonyl (C=O) groups is 2. The van der Waals surface area contributed by atoms with Crippen molar-refractivity contribution in [2.24, 2.45) is 0 Å². The Hall–Kier alpha value is -3.26. The van der Waals surface area contributed by atoms with E-state index >= 15 is 0 Å². The Morgan fingerprint density at radius 3 is 2.59 bits per heavy atom. The van der Waals surface area contributed by atoms with E-state index in [2.05, 4.69) is 10.9 Å². The fraction of sp³-hybridized carbons (Fsp3) is 0.263. The van der Waals surface area contributed by atoms with Crippen LogP contribution in [0.15, 0.2) is 48.5 Å². The minimum Gasteiger partial charge on any atom is -0.490 e. The van der Waals surface area contributed by atoms with Crippen molar-refractivity contribution in [2.45, 2.75) is 6.10 Å². The molecule has 3 rings (SSSR count). The van der Waals surface area contributed by atoms with Crippen LogP contribution in [0, 0.1) is 0 Å². The molecule has 0 spiro atoms. The first-order valence-electron chi connectivity index (χ1n) is 8.38. The highest BCUT2D eigenvalue weighted by Crippen LogP contribution is 2.30. The van der Waals surface area contributed by atoms with Crippen molar-refractivity contribution < 1.29 is 28.5 Å². The van der Waals surface area contributed by atoms with E-state index in [0.717, 1.165) is 0 Å². The maximum atomic E-state index is 12.4. The molecule has 0 fully saturated rings. The smallest absolute Gasteiger partial charge is 0.283 e. The molecular weight excluding hydrogens is 352 g/mol. The van der Waals surface area contributed by atoms with E-state index in [1.54, 1.807) is 49.6 Å². The molecule has 0 saturated heterocycles. The van der Waals surface area contributed by atoms with Crippen molar-refractivity contribution in [2.75, 3.05) is 26.9 Å². The molecule has 0 radical (unpaired) electrons. The lowest BCUT2D eigenvalue weighted by Crippen LogP contribution is -2.50. The van der Waals surface area contributed by atoms with E-state index in [1.807, 2.05) is 6.07 Å². The summed E-state index contributed by atoms with van der Waals surface area (Å²) >= 11 is 0. The molecule has 2 N–H and O–H groups in total. The highest BCUT2D eigenvalue weighted by molar-refractivity contribution is 5.98. The van der Waals surface area contributed by atoms with Crippen LogP contribution in [0.5, 0.6) is 17.2 Å². The average Bonchev–Trinajstić information content (AvgIpc) is 2.72. The number of para-hydroxylation sites is 3. The van der Waals surface area contributed by atoms with Gasteiger partial charge in [0.15, 0.2) is 11.5 Å². The lowest BCUT2D eigenvalue weighted by atomic mass is 10.2. The summed E-state index contributed by atoms with van der Waals surface area (Å²) in [7, 11) is 1.56. The second-order valence-corrected chi connectivity index (χ2v) is 5.65. The molecule has 142 valence electrons. The maximum Gasteiger partial charge on any atom is 0.283 e. The monoisotopic (exact) mass is 372 g/mol. The average molecular weight is 372 g/mol. The number of benzene rings is 2. The fourth-order valence-corrected chi connectivity index (χ4v) is 2.43. The Morgan fingerprint density at radius 2 is 1.78 bits per heavy atom. The van der Waals surface area contributed by atoms with Gasteiger partial charge in [-0.25, -0.2) is 0 Å². The number of nitrogens with one attached hydrogen (secondary N) is 2. The van der Waals surface area contributed by atoms with Gasteiger partial charge in [-0.05, 0) is 24.3 Å². The zero-order valence-corrected chi connectivity index (χ0v) is 14.8. The van der Waals surface area contributed by atoms with Gasteiger partial charge in [0.25, 0.3) is 11.8 Å². The molecule has 0 aliphatic carbocycles. The van der Waals surface area contributed by atoms with Crippen LogP contribution in [-0.2, 0) is 9.53 Å². The summed E-state index contributed by atoms with van der Waals surface area (Å²) in [6, 6.07) is 13.8. The molecule has 1 aliphatic rings. The number of fused-ring (bicyclic) bond motifs is 1. The molecule has 2 aromatic rings. The number of rotatable bonds is 6. The number of hydrazine groups is 1. The highest BCUT2D eigenvalue weighted by Gasteiger charge is 2.27. The Balaban J connectivity index is 1.56. The lowest BCUT2D eigenvalue weighted by molar-refractivity contribution is -0.131. The molecule has 0 bridgehead atoms. The van der Waals surface area contributed by atoms with Gasteiger partial charge in [0.2, 0.25) is 6.10 Å². The molecule has 8 heteroatoms. The first kappa shape index (κ1) is 18.5. The van der Waals surface area contributed by atoms with Crippen LogP contribution in [0.3, 0.4) is 0 Å². The van der Waals surface area contributed by atoms with Crippen molar-refractivity contribution >= 4 is 11.8 Å². The highest BCUT2D eigenvalue weighted by atomic mass is 16.6. The van der Waals surface area contributed by atoms with Gasteiger partial charge in [-0.3, -0.25) is 20.4 Å². The van der Waals surface area contributed by atoms with Gasteiger partial charge in [0.1, 0.15) is 19.0 Å².